The van der Waals surface area contributed by atoms with E-state index in [0.29, 0.717) is 6.61 Å². The van der Waals surface area contributed by atoms with E-state index in [4.69, 9.17) is 15.4 Å². The molecular formula is C8H10BrClO3S. The Labute approximate surface area is 96.3 Å². The molecule has 0 aromatic carbocycles. The van der Waals surface area contributed by atoms with Gasteiger partial charge in [-0.05, 0) is 13.0 Å². The molecule has 1 aliphatic carbocycles. The van der Waals surface area contributed by atoms with Crippen LogP contribution < -0.4 is 0 Å². The molecule has 1 rings (SSSR count). The van der Waals surface area contributed by atoms with E-state index in [1.165, 1.54) is 6.08 Å². The molecule has 80 valence electrons. The fourth-order valence-electron chi connectivity index (χ4n) is 1.15. The predicted octanol–water partition coefficient (Wildman–Crippen LogP) is 2.18. The zero-order valence-electron chi connectivity index (χ0n) is 7.48. The third kappa shape index (κ3) is 2.21. The Morgan fingerprint density at radius 1 is 1.57 bits per heavy atom. The van der Waals surface area contributed by atoms with Crippen molar-refractivity contribution in [1.29, 1.82) is 0 Å². The first kappa shape index (κ1) is 12.2. The molecule has 0 saturated heterocycles. The minimum absolute atomic E-state index is 0.419. The minimum Gasteiger partial charge on any atom is -0.371 e. The topological polar surface area (TPSA) is 43.4 Å². The highest BCUT2D eigenvalue weighted by Crippen LogP contribution is 2.38. The second-order valence-corrected chi connectivity index (χ2v) is 7.36. The molecule has 1 aliphatic rings. The summed E-state index contributed by atoms with van der Waals surface area (Å²) in [5.74, 6) is 0. The van der Waals surface area contributed by atoms with Crippen molar-refractivity contribution >= 4 is 35.7 Å². The van der Waals surface area contributed by atoms with E-state index in [2.05, 4.69) is 15.9 Å². The third-order valence-corrected chi connectivity index (χ3v) is 6.26. The Kier molecular flexibility index (Phi) is 3.80. The molecule has 0 spiro atoms. The van der Waals surface area contributed by atoms with E-state index in [9.17, 15) is 8.42 Å². The number of hydrogen-bond acceptors (Lipinski definition) is 3. The lowest BCUT2D eigenvalue weighted by Gasteiger charge is -2.29. The number of ether oxygens (including phenoxy) is 1. The van der Waals surface area contributed by atoms with Crippen LogP contribution in [0.25, 0.3) is 0 Å². The first-order chi connectivity index (χ1) is 6.42. The second-order valence-electron chi connectivity index (χ2n) is 2.76. The van der Waals surface area contributed by atoms with Gasteiger partial charge >= 0.3 is 0 Å². The van der Waals surface area contributed by atoms with E-state index in [-0.39, 0.29) is 0 Å². The lowest BCUT2D eigenvalue weighted by Crippen LogP contribution is -2.41. The van der Waals surface area contributed by atoms with Crippen LogP contribution in [-0.2, 0) is 13.8 Å². The van der Waals surface area contributed by atoms with Gasteiger partial charge < -0.3 is 4.74 Å². The molecule has 0 aromatic heterocycles. The van der Waals surface area contributed by atoms with Gasteiger partial charge in [0, 0.05) is 17.3 Å². The van der Waals surface area contributed by atoms with Crippen molar-refractivity contribution < 1.29 is 13.2 Å². The average Bonchev–Trinajstić information content (AvgIpc) is 2.07. The van der Waals surface area contributed by atoms with Crippen LogP contribution >= 0.6 is 26.6 Å². The zero-order valence-corrected chi connectivity index (χ0v) is 10.6. The Bertz CT molecular complexity index is 363. The molecule has 2 atom stereocenters. The Hall–Kier alpha value is 0.160. The molecule has 0 heterocycles. The van der Waals surface area contributed by atoms with Crippen LogP contribution in [0.4, 0.5) is 0 Å². The normalized spacial score (nSPS) is 32.1. The van der Waals surface area contributed by atoms with Gasteiger partial charge in [0.1, 0.15) is 6.10 Å². The molecule has 14 heavy (non-hydrogen) atoms. The third-order valence-electron chi connectivity index (χ3n) is 1.83. The summed E-state index contributed by atoms with van der Waals surface area (Å²) in [6, 6.07) is 0. The molecular weight excluding hydrogens is 292 g/mol. The maximum Gasteiger partial charge on any atom is 0.254 e. The number of allylic oxidation sites excluding steroid dienone is 2. The monoisotopic (exact) mass is 300 g/mol. The van der Waals surface area contributed by atoms with Gasteiger partial charge in [0.25, 0.3) is 9.05 Å². The Morgan fingerprint density at radius 2 is 2.21 bits per heavy atom. The number of rotatable bonds is 3. The van der Waals surface area contributed by atoms with Gasteiger partial charge in [-0.15, -0.1) is 0 Å². The molecule has 0 aromatic rings. The van der Waals surface area contributed by atoms with Crippen molar-refractivity contribution in [3.05, 3.63) is 24.3 Å². The van der Waals surface area contributed by atoms with E-state index in [1.54, 1.807) is 25.2 Å². The smallest absolute Gasteiger partial charge is 0.254 e. The fourth-order valence-corrected chi connectivity index (χ4v) is 2.67. The van der Waals surface area contributed by atoms with Crippen LogP contribution in [0.2, 0.25) is 0 Å². The van der Waals surface area contributed by atoms with Crippen LogP contribution in [0.3, 0.4) is 0 Å². The molecule has 0 aliphatic heterocycles. The van der Waals surface area contributed by atoms with Gasteiger partial charge in [0.15, 0.2) is 3.66 Å². The van der Waals surface area contributed by atoms with Crippen molar-refractivity contribution in [3.63, 3.8) is 0 Å². The summed E-state index contributed by atoms with van der Waals surface area (Å²) in [6.45, 7) is 2.21. The van der Waals surface area contributed by atoms with Crippen LogP contribution in [0.5, 0.6) is 0 Å². The van der Waals surface area contributed by atoms with Crippen LogP contribution in [0.1, 0.15) is 6.92 Å². The molecule has 0 saturated carbocycles. The maximum absolute atomic E-state index is 11.3. The highest BCUT2D eigenvalue weighted by Gasteiger charge is 2.46. The molecule has 0 amide bonds. The molecule has 0 N–H and O–H groups in total. The molecule has 3 nitrogen and oxygen atoms in total. The largest absolute Gasteiger partial charge is 0.371 e. The highest BCUT2D eigenvalue weighted by atomic mass is 79.9. The van der Waals surface area contributed by atoms with Gasteiger partial charge in [0.2, 0.25) is 0 Å². The summed E-state index contributed by atoms with van der Waals surface area (Å²) in [4.78, 5) is 0. The van der Waals surface area contributed by atoms with Crippen molar-refractivity contribution in [2.24, 2.45) is 0 Å². The van der Waals surface area contributed by atoms with E-state index < -0.39 is 18.8 Å². The lowest BCUT2D eigenvalue weighted by molar-refractivity contribution is 0.0952. The van der Waals surface area contributed by atoms with Crippen molar-refractivity contribution in [1.82, 2.24) is 0 Å². The fraction of sp³-hybridized carbons (Fsp3) is 0.500. The summed E-state index contributed by atoms with van der Waals surface area (Å²) >= 11 is 3.10. The van der Waals surface area contributed by atoms with Gasteiger partial charge in [-0.3, -0.25) is 0 Å². The summed E-state index contributed by atoms with van der Waals surface area (Å²) < 4.78 is 26.6. The van der Waals surface area contributed by atoms with E-state index >= 15 is 0 Å². The molecule has 0 fully saturated rings. The number of hydrogen-bond donors (Lipinski definition) is 0. The van der Waals surface area contributed by atoms with Gasteiger partial charge in [0.05, 0.1) is 0 Å². The Morgan fingerprint density at radius 3 is 2.71 bits per heavy atom. The summed E-state index contributed by atoms with van der Waals surface area (Å²) in [5, 5.41) is 0. The number of alkyl halides is 1. The maximum atomic E-state index is 11.3. The average molecular weight is 302 g/mol. The summed E-state index contributed by atoms with van der Waals surface area (Å²) in [7, 11) is 1.57. The summed E-state index contributed by atoms with van der Waals surface area (Å²) in [6.07, 6.45) is 5.86. The zero-order chi connectivity index (χ0) is 10.8. The predicted molar refractivity (Wildman–Crippen MR) is 60.1 cm³/mol. The van der Waals surface area contributed by atoms with Gasteiger partial charge in [-0.1, -0.05) is 34.2 Å². The van der Waals surface area contributed by atoms with Crippen LogP contribution in [0.15, 0.2) is 24.3 Å². The summed E-state index contributed by atoms with van der Waals surface area (Å²) in [5.41, 5.74) is 0. The van der Waals surface area contributed by atoms with E-state index in [1.807, 2.05) is 0 Å². The first-order valence-electron chi connectivity index (χ1n) is 4.02. The first-order valence-corrected chi connectivity index (χ1v) is 7.13. The number of halogens is 2. The standard InChI is InChI=1S/C8H10BrClO3S/c1-2-13-7-5-3-4-6-8(7,9)14(10,11)12/h3-7H,2H2,1H3. The quantitative estimate of drug-likeness (QED) is 0.593. The molecule has 0 radical (unpaired) electrons. The second kappa shape index (κ2) is 4.35. The van der Waals surface area contributed by atoms with E-state index in [0.717, 1.165) is 0 Å². The highest BCUT2D eigenvalue weighted by molar-refractivity contribution is 9.12. The molecule has 0 bridgehead atoms. The Balaban J connectivity index is 3.06. The SMILES string of the molecule is CCOC1C=CC=CC1(Br)S(=O)(=O)Cl. The van der Waals surface area contributed by atoms with Crippen LogP contribution in [-0.4, -0.2) is 24.8 Å². The van der Waals surface area contributed by atoms with Gasteiger partial charge in [-0.2, -0.15) is 0 Å². The van der Waals surface area contributed by atoms with Crippen molar-refractivity contribution in [2.45, 2.75) is 16.7 Å². The van der Waals surface area contributed by atoms with Gasteiger partial charge in [-0.25, -0.2) is 8.42 Å². The molecule has 6 heteroatoms. The van der Waals surface area contributed by atoms with Crippen LogP contribution in [0, 0.1) is 0 Å². The van der Waals surface area contributed by atoms with Crippen molar-refractivity contribution in [2.75, 3.05) is 6.61 Å². The molecule has 2 unspecified atom stereocenters. The van der Waals surface area contributed by atoms with Crippen molar-refractivity contribution in [3.8, 4) is 0 Å². The minimum atomic E-state index is -3.77. The lowest BCUT2D eigenvalue weighted by atomic mass is 10.1.